The quantitative estimate of drug-likeness (QED) is 0.805. The van der Waals surface area contributed by atoms with Crippen LogP contribution >= 0.6 is 23.2 Å². The molecular formula is C17H19Cl2N3O. The number of anilines is 3. The van der Waals surface area contributed by atoms with Gasteiger partial charge in [0.25, 0.3) is 0 Å². The summed E-state index contributed by atoms with van der Waals surface area (Å²) in [4.78, 5) is 13.9. The summed E-state index contributed by atoms with van der Waals surface area (Å²) in [7, 11) is 3.99. The number of amides is 1. The Labute approximate surface area is 146 Å². The highest BCUT2D eigenvalue weighted by Crippen LogP contribution is 2.25. The summed E-state index contributed by atoms with van der Waals surface area (Å²) in [5.74, 6) is -0.0826. The summed E-state index contributed by atoms with van der Waals surface area (Å²) in [6, 6.07) is 13.0. The molecule has 0 aliphatic heterocycles. The maximum absolute atomic E-state index is 11.9. The summed E-state index contributed by atoms with van der Waals surface area (Å²) in [6.45, 7) is 0.550. The number of hydrogen-bond acceptors (Lipinski definition) is 3. The van der Waals surface area contributed by atoms with Gasteiger partial charge >= 0.3 is 0 Å². The van der Waals surface area contributed by atoms with Crippen molar-refractivity contribution in [2.45, 2.75) is 6.42 Å². The second kappa shape index (κ2) is 8.09. The normalized spacial score (nSPS) is 10.3. The molecule has 2 aromatic rings. The van der Waals surface area contributed by atoms with Crippen molar-refractivity contribution in [2.75, 3.05) is 36.2 Å². The van der Waals surface area contributed by atoms with Crippen LogP contribution in [0.5, 0.6) is 0 Å². The number of carbonyl (C=O) groups is 1. The van der Waals surface area contributed by atoms with Gasteiger partial charge in [0.2, 0.25) is 5.91 Å². The Balaban J connectivity index is 1.79. The number of hydrogen-bond donors (Lipinski definition) is 2. The Kier molecular flexibility index (Phi) is 6.13. The molecule has 23 heavy (non-hydrogen) atoms. The van der Waals surface area contributed by atoms with E-state index in [0.717, 1.165) is 11.4 Å². The Morgan fingerprint density at radius 1 is 1.00 bits per heavy atom. The standard InChI is InChI=1S/C17H19Cl2N3O/c1-22(2)14-6-3-12(4-7-14)20-10-9-17(23)21-13-5-8-15(18)16(19)11-13/h3-8,11,20H,9-10H2,1-2H3,(H,21,23). The van der Waals surface area contributed by atoms with E-state index in [4.69, 9.17) is 23.2 Å². The van der Waals surface area contributed by atoms with E-state index in [2.05, 4.69) is 10.6 Å². The smallest absolute Gasteiger partial charge is 0.226 e. The molecule has 1 amide bonds. The van der Waals surface area contributed by atoms with Crippen LogP contribution < -0.4 is 15.5 Å². The number of halogens is 2. The van der Waals surface area contributed by atoms with Crippen molar-refractivity contribution >= 4 is 46.2 Å². The molecule has 0 aliphatic carbocycles. The third-order valence-electron chi connectivity index (χ3n) is 3.27. The SMILES string of the molecule is CN(C)c1ccc(NCCC(=O)Nc2ccc(Cl)c(Cl)c2)cc1. The summed E-state index contributed by atoms with van der Waals surface area (Å²) in [6.07, 6.45) is 0.357. The summed E-state index contributed by atoms with van der Waals surface area (Å²) in [5, 5.41) is 6.90. The lowest BCUT2D eigenvalue weighted by Gasteiger charge is -2.13. The number of rotatable bonds is 6. The molecule has 0 spiro atoms. The molecule has 0 fully saturated rings. The van der Waals surface area contributed by atoms with Gasteiger partial charge in [0, 0.05) is 44.1 Å². The van der Waals surface area contributed by atoms with Gasteiger partial charge in [-0.15, -0.1) is 0 Å². The van der Waals surface area contributed by atoms with Gasteiger partial charge in [0.1, 0.15) is 0 Å². The second-order valence-corrected chi connectivity index (χ2v) is 6.11. The molecule has 122 valence electrons. The van der Waals surface area contributed by atoms with Crippen LogP contribution in [0.4, 0.5) is 17.1 Å². The number of benzene rings is 2. The average Bonchev–Trinajstić information content (AvgIpc) is 2.51. The van der Waals surface area contributed by atoms with Gasteiger partial charge in [-0.05, 0) is 42.5 Å². The lowest BCUT2D eigenvalue weighted by Crippen LogP contribution is -2.16. The lowest BCUT2D eigenvalue weighted by molar-refractivity contribution is -0.115. The average molecular weight is 352 g/mol. The van der Waals surface area contributed by atoms with E-state index in [1.165, 1.54) is 0 Å². The van der Waals surface area contributed by atoms with E-state index in [1.807, 2.05) is 43.3 Å². The summed E-state index contributed by atoms with van der Waals surface area (Å²) in [5.41, 5.74) is 2.76. The van der Waals surface area contributed by atoms with Crippen molar-refractivity contribution in [1.29, 1.82) is 0 Å². The third kappa shape index (κ3) is 5.34. The molecule has 2 N–H and O–H groups in total. The second-order valence-electron chi connectivity index (χ2n) is 5.30. The lowest BCUT2D eigenvalue weighted by atomic mass is 10.2. The fourth-order valence-electron chi connectivity index (χ4n) is 2.00. The molecule has 0 aromatic heterocycles. The van der Waals surface area contributed by atoms with E-state index in [-0.39, 0.29) is 5.91 Å². The highest BCUT2D eigenvalue weighted by molar-refractivity contribution is 6.42. The third-order valence-corrected chi connectivity index (χ3v) is 4.01. The van der Waals surface area contributed by atoms with E-state index in [1.54, 1.807) is 18.2 Å². The zero-order valence-corrected chi connectivity index (χ0v) is 14.6. The van der Waals surface area contributed by atoms with Crippen molar-refractivity contribution in [1.82, 2.24) is 0 Å². The summed E-state index contributed by atoms with van der Waals surface area (Å²) >= 11 is 11.8. The molecule has 0 radical (unpaired) electrons. The number of carbonyl (C=O) groups excluding carboxylic acids is 1. The first kappa shape index (κ1) is 17.4. The van der Waals surface area contributed by atoms with Crippen molar-refractivity contribution in [3.8, 4) is 0 Å². The van der Waals surface area contributed by atoms with Gasteiger partial charge in [0.05, 0.1) is 10.0 Å². The predicted octanol–water partition coefficient (Wildman–Crippen LogP) is 4.50. The van der Waals surface area contributed by atoms with Crippen molar-refractivity contribution in [3.63, 3.8) is 0 Å². The molecule has 0 bridgehead atoms. The molecule has 0 heterocycles. The molecule has 0 saturated carbocycles. The van der Waals surface area contributed by atoms with Crippen LogP contribution in [-0.2, 0) is 4.79 Å². The van der Waals surface area contributed by atoms with Gasteiger partial charge in [-0.1, -0.05) is 23.2 Å². The largest absolute Gasteiger partial charge is 0.385 e. The van der Waals surface area contributed by atoms with Crippen LogP contribution in [0.15, 0.2) is 42.5 Å². The monoisotopic (exact) mass is 351 g/mol. The molecule has 0 unspecified atom stereocenters. The van der Waals surface area contributed by atoms with Crippen LogP contribution in [-0.4, -0.2) is 26.5 Å². The van der Waals surface area contributed by atoms with Crippen molar-refractivity contribution in [2.24, 2.45) is 0 Å². The van der Waals surface area contributed by atoms with Crippen LogP contribution in [0.2, 0.25) is 10.0 Å². The zero-order valence-electron chi connectivity index (χ0n) is 13.1. The molecule has 6 heteroatoms. The van der Waals surface area contributed by atoms with E-state index < -0.39 is 0 Å². The van der Waals surface area contributed by atoms with Crippen molar-refractivity contribution < 1.29 is 4.79 Å². The predicted molar refractivity (Wildman–Crippen MR) is 99.0 cm³/mol. The van der Waals surface area contributed by atoms with Crippen LogP contribution in [0, 0.1) is 0 Å². The first-order valence-corrected chi connectivity index (χ1v) is 7.97. The molecule has 2 aromatic carbocycles. The maximum atomic E-state index is 11.9. The van der Waals surface area contributed by atoms with Crippen LogP contribution in [0.25, 0.3) is 0 Å². The Morgan fingerprint density at radius 2 is 1.65 bits per heavy atom. The van der Waals surface area contributed by atoms with Gasteiger partial charge in [-0.3, -0.25) is 4.79 Å². The minimum Gasteiger partial charge on any atom is -0.385 e. The maximum Gasteiger partial charge on any atom is 0.226 e. The number of nitrogens with zero attached hydrogens (tertiary/aromatic N) is 1. The Hall–Kier alpha value is -1.91. The molecule has 0 atom stereocenters. The van der Waals surface area contributed by atoms with Gasteiger partial charge < -0.3 is 15.5 Å². The first-order valence-electron chi connectivity index (χ1n) is 7.22. The van der Waals surface area contributed by atoms with Crippen molar-refractivity contribution in [3.05, 3.63) is 52.5 Å². The molecule has 0 saturated heterocycles. The molecule has 4 nitrogen and oxygen atoms in total. The fourth-order valence-corrected chi connectivity index (χ4v) is 2.29. The van der Waals surface area contributed by atoms with Crippen LogP contribution in [0.3, 0.4) is 0 Å². The van der Waals surface area contributed by atoms with E-state index in [0.29, 0.717) is 28.7 Å². The van der Waals surface area contributed by atoms with Gasteiger partial charge in [0.15, 0.2) is 0 Å². The van der Waals surface area contributed by atoms with Gasteiger partial charge in [-0.2, -0.15) is 0 Å². The number of nitrogens with one attached hydrogen (secondary N) is 2. The van der Waals surface area contributed by atoms with Crippen LogP contribution in [0.1, 0.15) is 6.42 Å². The van der Waals surface area contributed by atoms with E-state index >= 15 is 0 Å². The first-order chi connectivity index (χ1) is 11.0. The highest BCUT2D eigenvalue weighted by atomic mass is 35.5. The molecule has 2 rings (SSSR count). The molecule has 0 aliphatic rings. The zero-order chi connectivity index (χ0) is 16.8. The fraction of sp³-hybridized carbons (Fsp3) is 0.235. The minimum atomic E-state index is -0.0826. The Bertz CT molecular complexity index is 672. The minimum absolute atomic E-state index is 0.0826. The van der Waals surface area contributed by atoms with Gasteiger partial charge in [-0.25, -0.2) is 0 Å². The Morgan fingerprint density at radius 3 is 2.26 bits per heavy atom. The summed E-state index contributed by atoms with van der Waals surface area (Å²) < 4.78 is 0. The highest BCUT2D eigenvalue weighted by Gasteiger charge is 2.05. The van der Waals surface area contributed by atoms with E-state index in [9.17, 15) is 4.79 Å². The molecular weight excluding hydrogens is 333 g/mol. The topological polar surface area (TPSA) is 44.4 Å².